The van der Waals surface area contributed by atoms with Gasteiger partial charge in [0.05, 0.1) is 6.10 Å². The molecule has 1 saturated carbocycles. The molecule has 21 heavy (non-hydrogen) atoms. The van der Waals surface area contributed by atoms with E-state index in [0.717, 1.165) is 24.7 Å². The van der Waals surface area contributed by atoms with E-state index in [9.17, 15) is 5.11 Å². The highest BCUT2D eigenvalue weighted by Gasteiger charge is 2.47. The van der Waals surface area contributed by atoms with Gasteiger partial charge in [0.15, 0.2) is 6.29 Å². The van der Waals surface area contributed by atoms with Crippen LogP contribution < -0.4 is 0 Å². The molecule has 0 amide bonds. The predicted molar refractivity (Wildman–Crippen MR) is 88.0 cm³/mol. The summed E-state index contributed by atoms with van der Waals surface area (Å²) in [6, 6.07) is 0. The first-order valence-corrected chi connectivity index (χ1v) is 9.12. The van der Waals surface area contributed by atoms with Crippen molar-refractivity contribution < 1.29 is 9.84 Å². The van der Waals surface area contributed by atoms with Crippen molar-refractivity contribution in [2.75, 3.05) is 0 Å². The lowest BCUT2D eigenvalue weighted by molar-refractivity contribution is -0.0922. The van der Waals surface area contributed by atoms with Crippen LogP contribution in [-0.4, -0.2) is 17.5 Å². The second-order valence-electron chi connectivity index (χ2n) is 7.36. The van der Waals surface area contributed by atoms with Gasteiger partial charge in [0, 0.05) is 6.42 Å². The van der Waals surface area contributed by atoms with E-state index in [1.165, 1.54) is 56.9 Å². The van der Waals surface area contributed by atoms with Crippen LogP contribution in [0.25, 0.3) is 0 Å². The van der Waals surface area contributed by atoms with E-state index < -0.39 is 6.29 Å². The molecular weight excluding hydrogens is 260 g/mol. The summed E-state index contributed by atoms with van der Waals surface area (Å²) in [7, 11) is 0. The molecule has 0 radical (unpaired) electrons. The van der Waals surface area contributed by atoms with Gasteiger partial charge in [-0.15, -0.1) is 0 Å². The number of hydrogen-bond donors (Lipinski definition) is 1. The standard InChI is InChI=1S/C19H34O2/c1-4-5-6-7-8-9-14(2)10-11-16-15(3)12-18-17(16)13-19(20)21-18/h15-20H,2,4-13H2,1,3H3/t15-,16+,17-,18+,19?/m1/s1. The molecule has 0 aromatic carbocycles. The zero-order valence-corrected chi connectivity index (χ0v) is 14.0. The third kappa shape index (κ3) is 4.82. The predicted octanol–water partition coefficient (Wildman–Crippen LogP) is 5.06. The fraction of sp³-hybridized carbons (Fsp3) is 0.895. The Bertz CT molecular complexity index is 326. The molecule has 1 saturated heterocycles. The quantitative estimate of drug-likeness (QED) is 0.475. The Morgan fingerprint density at radius 1 is 1.14 bits per heavy atom. The van der Waals surface area contributed by atoms with Crippen molar-refractivity contribution in [1.82, 2.24) is 0 Å². The molecule has 2 fully saturated rings. The fourth-order valence-electron chi connectivity index (χ4n) is 4.36. The fourth-order valence-corrected chi connectivity index (χ4v) is 4.36. The number of rotatable bonds is 9. The van der Waals surface area contributed by atoms with Gasteiger partial charge >= 0.3 is 0 Å². The minimum absolute atomic E-state index is 0.322. The molecule has 2 heteroatoms. The zero-order chi connectivity index (χ0) is 15.2. The molecule has 5 atom stereocenters. The Balaban J connectivity index is 1.64. The van der Waals surface area contributed by atoms with Crippen LogP contribution in [0.3, 0.4) is 0 Å². The van der Waals surface area contributed by atoms with Crippen molar-refractivity contribution in [1.29, 1.82) is 0 Å². The second kappa shape index (κ2) is 8.33. The van der Waals surface area contributed by atoms with Gasteiger partial charge in [0.1, 0.15) is 0 Å². The van der Waals surface area contributed by atoms with E-state index in [1.54, 1.807) is 0 Å². The zero-order valence-electron chi connectivity index (χ0n) is 14.0. The first-order chi connectivity index (χ1) is 10.1. The summed E-state index contributed by atoms with van der Waals surface area (Å²) in [6.45, 7) is 8.89. The summed E-state index contributed by atoms with van der Waals surface area (Å²) in [5.41, 5.74) is 1.43. The molecule has 0 aromatic rings. The lowest BCUT2D eigenvalue weighted by Gasteiger charge is -2.21. The first kappa shape index (κ1) is 17.0. The smallest absolute Gasteiger partial charge is 0.155 e. The molecule has 2 aliphatic rings. The van der Waals surface area contributed by atoms with Gasteiger partial charge < -0.3 is 9.84 Å². The third-order valence-electron chi connectivity index (χ3n) is 5.63. The highest BCUT2D eigenvalue weighted by molar-refractivity contribution is 4.99. The topological polar surface area (TPSA) is 29.5 Å². The molecule has 1 aliphatic carbocycles. The minimum atomic E-state index is -0.503. The van der Waals surface area contributed by atoms with Gasteiger partial charge in [0.25, 0.3) is 0 Å². The summed E-state index contributed by atoms with van der Waals surface area (Å²) in [4.78, 5) is 0. The maximum atomic E-state index is 9.66. The number of aliphatic hydroxyl groups is 1. The van der Waals surface area contributed by atoms with Crippen molar-refractivity contribution in [3.63, 3.8) is 0 Å². The summed E-state index contributed by atoms with van der Waals surface area (Å²) in [5, 5.41) is 9.66. The monoisotopic (exact) mass is 294 g/mol. The molecule has 0 aromatic heterocycles. The van der Waals surface area contributed by atoms with Crippen molar-refractivity contribution in [3.05, 3.63) is 12.2 Å². The summed E-state index contributed by atoms with van der Waals surface area (Å²) >= 11 is 0. The van der Waals surface area contributed by atoms with Gasteiger partial charge in [-0.25, -0.2) is 0 Å². The van der Waals surface area contributed by atoms with Crippen molar-refractivity contribution in [2.45, 2.75) is 90.4 Å². The molecule has 0 bridgehead atoms. The molecule has 2 rings (SSSR count). The van der Waals surface area contributed by atoms with Crippen LogP contribution in [0.1, 0.15) is 78.1 Å². The van der Waals surface area contributed by atoms with Crippen molar-refractivity contribution in [2.24, 2.45) is 17.8 Å². The summed E-state index contributed by atoms with van der Waals surface area (Å²) in [5.74, 6) is 2.06. The SMILES string of the molecule is C=C(CCCCCCC)CC[C@@H]1[C@H]2CC(O)O[C@H]2C[C@H]1C. The molecule has 1 N–H and O–H groups in total. The van der Waals surface area contributed by atoms with Gasteiger partial charge in [-0.1, -0.05) is 51.7 Å². The largest absolute Gasteiger partial charge is 0.368 e. The Morgan fingerprint density at radius 3 is 2.67 bits per heavy atom. The number of allylic oxidation sites excluding steroid dienone is 1. The van der Waals surface area contributed by atoms with E-state index in [1.807, 2.05) is 0 Å². The molecule has 0 spiro atoms. The number of hydrogen-bond acceptors (Lipinski definition) is 2. The molecular formula is C19H34O2. The molecule has 1 aliphatic heterocycles. The number of unbranched alkanes of at least 4 members (excludes halogenated alkanes) is 4. The van der Waals surface area contributed by atoms with E-state index >= 15 is 0 Å². The van der Waals surface area contributed by atoms with Crippen LogP contribution in [0, 0.1) is 17.8 Å². The van der Waals surface area contributed by atoms with E-state index in [0.29, 0.717) is 12.0 Å². The number of aliphatic hydroxyl groups excluding tert-OH is 1. The van der Waals surface area contributed by atoms with Gasteiger partial charge in [0.2, 0.25) is 0 Å². The van der Waals surface area contributed by atoms with Crippen molar-refractivity contribution >= 4 is 0 Å². The Labute approximate surface area is 131 Å². The van der Waals surface area contributed by atoms with E-state index in [4.69, 9.17) is 4.74 Å². The van der Waals surface area contributed by atoms with Crippen LogP contribution in [0.2, 0.25) is 0 Å². The number of ether oxygens (including phenoxy) is 1. The average Bonchev–Trinajstić information content (AvgIpc) is 2.91. The highest BCUT2D eigenvalue weighted by atomic mass is 16.6. The van der Waals surface area contributed by atoms with Gasteiger partial charge in [-0.05, 0) is 49.9 Å². The number of fused-ring (bicyclic) bond motifs is 1. The highest BCUT2D eigenvalue weighted by Crippen LogP contribution is 2.48. The van der Waals surface area contributed by atoms with Gasteiger partial charge in [-0.3, -0.25) is 0 Å². The van der Waals surface area contributed by atoms with Crippen LogP contribution in [0.4, 0.5) is 0 Å². The van der Waals surface area contributed by atoms with E-state index in [2.05, 4.69) is 20.4 Å². The van der Waals surface area contributed by atoms with Crippen molar-refractivity contribution in [3.8, 4) is 0 Å². The van der Waals surface area contributed by atoms with E-state index in [-0.39, 0.29) is 0 Å². The van der Waals surface area contributed by atoms with Crippen LogP contribution in [0.15, 0.2) is 12.2 Å². The lowest BCUT2D eigenvalue weighted by Crippen LogP contribution is -2.16. The van der Waals surface area contributed by atoms with Crippen LogP contribution in [0.5, 0.6) is 0 Å². The normalized spacial score (nSPS) is 35.1. The Kier molecular flexibility index (Phi) is 6.75. The summed E-state index contributed by atoms with van der Waals surface area (Å²) < 4.78 is 5.63. The van der Waals surface area contributed by atoms with Crippen LogP contribution >= 0.6 is 0 Å². The van der Waals surface area contributed by atoms with Crippen LogP contribution in [-0.2, 0) is 4.74 Å². The van der Waals surface area contributed by atoms with Gasteiger partial charge in [-0.2, -0.15) is 0 Å². The molecule has 2 nitrogen and oxygen atoms in total. The molecule has 122 valence electrons. The first-order valence-electron chi connectivity index (χ1n) is 9.12. The summed E-state index contributed by atoms with van der Waals surface area (Å²) in [6.07, 6.45) is 12.2. The maximum absolute atomic E-state index is 9.66. The molecule has 1 unspecified atom stereocenters. The third-order valence-corrected chi connectivity index (χ3v) is 5.63. The maximum Gasteiger partial charge on any atom is 0.155 e. The Morgan fingerprint density at radius 2 is 1.90 bits per heavy atom. The second-order valence-corrected chi connectivity index (χ2v) is 7.36. The Hall–Kier alpha value is -0.340. The molecule has 1 heterocycles. The lowest BCUT2D eigenvalue weighted by atomic mass is 9.83. The average molecular weight is 294 g/mol. The minimum Gasteiger partial charge on any atom is -0.368 e.